The minimum atomic E-state index is -3.15. The Bertz CT molecular complexity index is 2310. The third kappa shape index (κ3) is 18.1. The Kier molecular flexibility index (Phi) is 20.1. The molecule has 0 unspecified atom stereocenters. The lowest BCUT2D eigenvalue weighted by atomic mass is 10.1. The molecule has 27 heteroatoms. The van der Waals surface area contributed by atoms with Crippen molar-refractivity contribution in [1.82, 2.24) is 60.0 Å². The normalized spacial score (nSPS) is 16.6. The van der Waals surface area contributed by atoms with Crippen LogP contribution >= 0.6 is 55.4 Å². The van der Waals surface area contributed by atoms with Crippen molar-refractivity contribution in [3.05, 3.63) is 45.6 Å². The molecule has 352 valence electrons. The lowest BCUT2D eigenvalue weighted by Crippen LogP contribution is -2.21. The van der Waals surface area contributed by atoms with Crippen molar-refractivity contribution >= 4 is 80.4 Å². The molecule has 4 aromatic heterocycles. The molecule has 0 N–H and O–H groups in total. The number of hydrogen-bond donors (Lipinski definition) is 0. The molecule has 3 aliphatic rings. The second-order valence-electron chi connectivity index (χ2n) is 16.0. The zero-order valence-corrected chi connectivity index (χ0v) is 43.5. The van der Waals surface area contributed by atoms with Gasteiger partial charge in [0.2, 0.25) is 0 Å². The Morgan fingerprint density at radius 2 is 0.905 bits per heavy atom. The van der Waals surface area contributed by atoms with E-state index in [0.717, 1.165) is 63.0 Å². The molecule has 0 atom stereocenters. The molecule has 0 radical (unpaired) electrons. The second kappa shape index (κ2) is 23.6. The predicted molar refractivity (Wildman–Crippen MR) is 247 cm³/mol. The van der Waals surface area contributed by atoms with Crippen molar-refractivity contribution in [3.63, 3.8) is 0 Å². The summed E-state index contributed by atoms with van der Waals surface area (Å²) in [5, 5.41) is 47.4. The van der Waals surface area contributed by atoms with Gasteiger partial charge in [0.05, 0.1) is 34.2 Å². The highest BCUT2D eigenvalue weighted by atomic mass is 79.9. The van der Waals surface area contributed by atoms with Crippen molar-refractivity contribution in [1.29, 1.82) is 0 Å². The number of hydrogen-bond acceptors (Lipinski definition) is 18. The van der Waals surface area contributed by atoms with Gasteiger partial charge < -0.3 is 14.5 Å². The van der Waals surface area contributed by atoms with E-state index in [1.807, 2.05) is 55.6 Å². The minimum Gasteiger partial charge on any atom is -0.389 e. The number of halogens is 4. The van der Waals surface area contributed by atoms with Crippen molar-refractivity contribution in [2.45, 2.75) is 127 Å². The maximum atomic E-state index is 12.6. The molecule has 3 aliphatic heterocycles. The van der Waals surface area contributed by atoms with Crippen molar-refractivity contribution in [2.75, 3.05) is 6.26 Å². The van der Waals surface area contributed by atoms with E-state index in [-0.39, 0.29) is 16.2 Å². The predicted octanol–water partition coefficient (Wildman–Crippen LogP) is 6.64. The second-order valence-corrected chi connectivity index (χ2v) is 21.3. The van der Waals surface area contributed by atoms with Crippen LogP contribution in [-0.4, -0.2) is 107 Å². The van der Waals surface area contributed by atoms with Gasteiger partial charge in [0.15, 0.2) is 14.9 Å². The molecule has 20 nitrogen and oxygen atoms in total. The number of sulfone groups is 1. The largest absolute Gasteiger partial charge is 0.389 e. The number of aryl methyl sites for hydroxylation is 6. The molecule has 63 heavy (non-hydrogen) atoms. The SMILES string of the molecule is CC1(C)CC(S(C)(=O)=O)=NO1.Cc1nn(C)nc1CBr.Cc1nn(C)nc1CSC1=NOC(C)(C)C1.Cn1nc(CF)c(CBr)n1.Cn1nc(CF)c(CSC2=NOC(C)(C)C2)n1. The first kappa shape index (κ1) is 53.8. The first-order chi connectivity index (χ1) is 29.3. The standard InChI is InChI=1S/C10H15FN4OS.C10H16N4OS.C6H11NO3S.C5H7BrFN3.C5H8BrN3/c1-10(2)4-9(14-16-10)17-6-8-7(5-11)12-15(3)13-8;1-7-8(12-14(4)11-7)6-16-9-5-10(2,3)15-13-9;1-6(2)4-5(7-10-6)11(3,8)9;1-10-8-4(2-6)5(3-7)9-10;1-4-5(3-6)8-9(2)7-4/h4-6H2,1-3H3;5-6H2,1-4H3;4H2,1-3H3;2-3H2,1H3;3H2,1-2H3. The van der Waals surface area contributed by atoms with Gasteiger partial charge in [-0.05, 0) is 55.4 Å². The van der Waals surface area contributed by atoms with Gasteiger partial charge in [-0.25, -0.2) is 17.2 Å². The average Bonchev–Trinajstić information content (AvgIpc) is 4.07. The van der Waals surface area contributed by atoms with E-state index in [1.54, 1.807) is 49.3 Å². The zero-order valence-electron chi connectivity index (χ0n) is 37.9. The highest BCUT2D eigenvalue weighted by Crippen LogP contribution is 2.30. The average molecular weight is 1070 g/mol. The quantitative estimate of drug-likeness (QED) is 0.169. The Hall–Kier alpha value is -3.56. The van der Waals surface area contributed by atoms with Crippen molar-refractivity contribution < 1.29 is 31.7 Å². The van der Waals surface area contributed by atoms with Crippen LogP contribution in [0.5, 0.6) is 0 Å². The zero-order chi connectivity index (χ0) is 47.3. The van der Waals surface area contributed by atoms with Crippen LogP contribution in [0.2, 0.25) is 0 Å². The fourth-order valence-corrected chi connectivity index (χ4v) is 9.12. The first-order valence-corrected chi connectivity index (χ1v) is 25.4. The number of aromatic nitrogens is 12. The van der Waals surface area contributed by atoms with Crippen LogP contribution < -0.4 is 0 Å². The van der Waals surface area contributed by atoms with E-state index in [1.165, 1.54) is 21.4 Å². The van der Waals surface area contributed by atoms with E-state index >= 15 is 0 Å². The highest BCUT2D eigenvalue weighted by molar-refractivity contribution is 9.08. The van der Waals surface area contributed by atoms with Crippen LogP contribution in [0.1, 0.15) is 106 Å². The van der Waals surface area contributed by atoms with Crippen LogP contribution in [0.4, 0.5) is 8.78 Å². The van der Waals surface area contributed by atoms with Crippen LogP contribution in [0.15, 0.2) is 15.5 Å². The van der Waals surface area contributed by atoms with E-state index in [0.29, 0.717) is 40.3 Å². The fourth-order valence-electron chi connectivity index (χ4n) is 5.21. The molecular formula is C36H57Br2F2N15O5S3. The van der Waals surface area contributed by atoms with Gasteiger partial charge in [-0.1, -0.05) is 47.3 Å². The third-order valence-corrected chi connectivity index (χ3v) is 12.4. The van der Waals surface area contributed by atoms with E-state index in [4.69, 9.17) is 14.5 Å². The van der Waals surface area contributed by atoms with Crippen LogP contribution in [0.25, 0.3) is 0 Å². The van der Waals surface area contributed by atoms with Crippen LogP contribution in [-0.2, 0) is 88.1 Å². The number of oxime groups is 3. The van der Waals surface area contributed by atoms with Gasteiger partial charge in [0.25, 0.3) is 0 Å². The summed E-state index contributed by atoms with van der Waals surface area (Å²) in [6, 6.07) is 0. The van der Waals surface area contributed by atoms with Crippen LogP contribution in [0, 0.1) is 13.8 Å². The van der Waals surface area contributed by atoms with E-state index < -0.39 is 28.8 Å². The molecule has 0 spiro atoms. The summed E-state index contributed by atoms with van der Waals surface area (Å²) in [7, 11) is 3.86. The molecule has 7 heterocycles. The lowest BCUT2D eigenvalue weighted by molar-refractivity contribution is 0.0120. The fraction of sp³-hybridized carbons (Fsp3) is 0.694. The van der Waals surface area contributed by atoms with Crippen molar-refractivity contribution in [2.24, 2.45) is 43.7 Å². The summed E-state index contributed by atoms with van der Waals surface area (Å²) in [5.41, 5.74) is 5.32. The molecule has 0 fully saturated rings. The topological polar surface area (TPSA) is 222 Å². The Labute approximate surface area is 392 Å². The van der Waals surface area contributed by atoms with E-state index in [2.05, 4.69) is 88.1 Å². The van der Waals surface area contributed by atoms with E-state index in [9.17, 15) is 17.2 Å². The van der Waals surface area contributed by atoms with Gasteiger partial charge in [0.1, 0.15) is 51.6 Å². The number of nitrogens with zero attached hydrogens (tertiary/aromatic N) is 15. The van der Waals surface area contributed by atoms with Gasteiger partial charge in [0, 0.05) is 75.9 Å². The summed E-state index contributed by atoms with van der Waals surface area (Å²) < 4.78 is 46.5. The molecule has 7 rings (SSSR count). The van der Waals surface area contributed by atoms with Gasteiger partial charge >= 0.3 is 0 Å². The summed E-state index contributed by atoms with van der Waals surface area (Å²) >= 11 is 9.69. The highest BCUT2D eigenvalue weighted by Gasteiger charge is 2.34. The molecule has 0 aliphatic carbocycles. The maximum absolute atomic E-state index is 12.6. The van der Waals surface area contributed by atoms with Crippen LogP contribution in [0.3, 0.4) is 0 Å². The first-order valence-electron chi connectivity index (χ1n) is 19.3. The smallest absolute Gasteiger partial charge is 0.192 e. The Morgan fingerprint density at radius 1 is 0.556 bits per heavy atom. The lowest BCUT2D eigenvalue weighted by Gasteiger charge is -2.12. The summed E-state index contributed by atoms with van der Waals surface area (Å²) in [4.78, 5) is 21.4. The third-order valence-electron chi connectivity index (χ3n) is 8.28. The summed E-state index contributed by atoms with van der Waals surface area (Å²) in [6.45, 7) is 14.4. The Morgan fingerprint density at radius 3 is 1.21 bits per heavy atom. The summed E-state index contributed by atoms with van der Waals surface area (Å²) in [5.74, 6) is 1.38. The molecule has 0 saturated heterocycles. The van der Waals surface area contributed by atoms with Gasteiger partial charge in [-0.15, -0.1) is 23.5 Å². The number of rotatable bonds is 8. The molecule has 0 aromatic carbocycles. The molecule has 4 aromatic rings. The number of alkyl halides is 4. The van der Waals surface area contributed by atoms with Gasteiger partial charge in [-0.2, -0.15) is 60.0 Å². The molecular weight excluding hydrogens is 1020 g/mol. The number of thioether (sulfide) groups is 2. The molecule has 0 saturated carbocycles. The maximum Gasteiger partial charge on any atom is 0.192 e. The molecule has 0 amide bonds. The minimum absolute atomic E-state index is 0.141. The Balaban J connectivity index is 0.000000214. The molecule has 0 bridgehead atoms. The van der Waals surface area contributed by atoms with Crippen molar-refractivity contribution in [3.8, 4) is 0 Å². The summed E-state index contributed by atoms with van der Waals surface area (Å²) in [6.07, 6.45) is 3.16. The van der Waals surface area contributed by atoms with Gasteiger partial charge in [-0.3, -0.25) is 0 Å². The monoisotopic (exact) mass is 1070 g/mol.